The second-order valence-corrected chi connectivity index (χ2v) is 7.20. The maximum atomic E-state index is 12.4. The number of carboxylic acids is 1. The third-order valence-corrected chi connectivity index (χ3v) is 4.61. The molecule has 5 atom stereocenters. The van der Waals surface area contributed by atoms with E-state index in [1.807, 2.05) is 30.3 Å². The predicted octanol–water partition coefficient (Wildman–Crippen LogP) is -1.57. The SMILES string of the molecule is CC(NC(=O)C(N)Cc1ccccc1)C(=O)NC(C(=O)NC(CS)C(=O)O)C(C)O. The topological polar surface area (TPSA) is 171 Å². The molecule has 0 aromatic heterocycles. The molecule has 0 spiro atoms. The summed E-state index contributed by atoms with van der Waals surface area (Å²) >= 11 is 3.84. The first-order valence-corrected chi connectivity index (χ1v) is 9.92. The molecule has 30 heavy (non-hydrogen) atoms. The lowest BCUT2D eigenvalue weighted by molar-refractivity contribution is -0.142. The van der Waals surface area contributed by atoms with Crippen molar-refractivity contribution < 1.29 is 29.4 Å². The lowest BCUT2D eigenvalue weighted by Gasteiger charge is -2.25. The van der Waals surface area contributed by atoms with Crippen LogP contribution in [-0.2, 0) is 25.6 Å². The number of nitrogens with one attached hydrogen (secondary N) is 3. The second kappa shape index (κ2) is 12.2. The normalized spacial score (nSPS) is 15.8. The van der Waals surface area contributed by atoms with Crippen molar-refractivity contribution in [3.05, 3.63) is 35.9 Å². The lowest BCUT2D eigenvalue weighted by atomic mass is 10.1. The van der Waals surface area contributed by atoms with Gasteiger partial charge in [0.1, 0.15) is 18.1 Å². The Labute approximate surface area is 180 Å². The van der Waals surface area contributed by atoms with Crippen molar-refractivity contribution in [1.82, 2.24) is 16.0 Å². The van der Waals surface area contributed by atoms with E-state index in [4.69, 9.17) is 10.8 Å². The van der Waals surface area contributed by atoms with Gasteiger partial charge in [0, 0.05) is 5.75 Å². The van der Waals surface area contributed by atoms with Gasteiger partial charge in [-0.05, 0) is 25.8 Å². The fourth-order valence-electron chi connectivity index (χ4n) is 2.48. The number of benzene rings is 1. The van der Waals surface area contributed by atoms with E-state index in [0.717, 1.165) is 5.56 Å². The lowest BCUT2D eigenvalue weighted by Crippen LogP contribution is -2.59. The molecule has 1 aromatic rings. The van der Waals surface area contributed by atoms with Crippen molar-refractivity contribution in [1.29, 1.82) is 0 Å². The number of rotatable bonds is 11. The van der Waals surface area contributed by atoms with Crippen LogP contribution in [0.1, 0.15) is 19.4 Å². The summed E-state index contributed by atoms with van der Waals surface area (Å²) in [6.45, 7) is 2.66. The Hall–Kier alpha value is -2.63. The quantitative estimate of drug-likeness (QED) is 0.204. The Kier molecular flexibility index (Phi) is 10.3. The minimum absolute atomic E-state index is 0.173. The number of aliphatic hydroxyl groups excluding tert-OH is 1. The summed E-state index contributed by atoms with van der Waals surface area (Å²) in [5.41, 5.74) is 6.74. The molecule has 7 N–H and O–H groups in total. The molecule has 166 valence electrons. The van der Waals surface area contributed by atoms with Crippen molar-refractivity contribution >= 4 is 36.3 Å². The summed E-state index contributed by atoms with van der Waals surface area (Å²) in [6, 6.07) is 4.49. The van der Waals surface area contributed by atoms with Crippen LogP contribution >= 0.6 is 12.6 Å². The zero-order valence-electron chi connectivity index (χ0n) is 16.7. The fourth-order valence-corrected chi connectivity index (χ4v) is 2.72. The summed E-state index contributed by atoms with van der Waals surface area (Å²) in [7, 11) is 0. The van der Waals surface area contributed by atoms with Crippen molar-refractivity contribution in [3.8, 4) is 0 Å². The molecule has 0 fully saturated rings. The van der Waals surface area contributed by atoms with E-state index >= 15 is 0 Å². The molecule has 0 bridgehead atoms. The van der Waals surface area contributed by atoms with Crippen LogP contribution in [0.2, 0.25) is 0 Å². The van der Waals surface area contributed by atoms with E-state index in [1.54, 1.807) is 0 Å². The number of thiol groups is 1. The Bertz CT molecular complexity index is 746. The highest BCUT2D eigenvalue weighted by molar-refractivity contribution is 7.80. The molecule has 1 aromatic carbocycles. The number of carbonyl (C=O) groups excluding carboxylic acids is 3. The Morgan fingerprint density at radius 2 is 1.60 bits per heavy atom. The smallest absolute Gasteiger partial charge is 0.327 e. The molecule has 0 heterocycles. The van der Waals surface area contributed by atoms with Gasteiger partial charge in [0.05, 0.1) is 12.1 Å². The number of nitrogens with two attached hydrogens (primary N) is 1. The number of aliphatic hydroxyl groups is 1. The van der Waals surface area contributed by atoms with Crippen LogP contribution in [0.25, 0.3) is 0 Å². The molecule has 0 saturated carbocycles. The molecule has 0 saturated heterocycles. The average molecular weight is 441 g/mol. The summed E-state index contributed by atoms with van der Waals surface area (Å²) in [4.78, 5) is 47.9. The van der Waals surface area contributed by atoms with Gasteiger partial charge >= 0.3 is 5.97 Å². The van der Waals surface area contributed by atoms with Crippen molar-refractivity contribution in [3.63, 3.8) is 0 Å². The number of amides is 3. The molecule has 1 rings (SSSR count). The Morgan fingerprint density at radius 3 is 2.10 bits per heavy atom. The number of carboxylic acid groups (broad SMARTS) is 1. The Balaban J connectivity index is 2.67. The minimum atomic E-state index is -1.42. The maximum Gasteiger partial charge on any atom is 0.327 e. The number of aliphatic carboxylic acids is 1. The minimum Gasteiger partial charge on any atom is -0.480 e. The molecule has 0 aliphatic rings. The van der Waals surface area contributed by atoms with Gasteiger partial charge in [0.25, 0.3) is 0 Å². The van der Waals surface area contributed by atoms with Crippen molar-refractivity contribution in [2.45, 2.75) is 50.5 Å². The van der Waals surface area contributed by atoms with Gasteiger partial charge in [-0.1, -0.05) is 30.3 Å². The molecule has 5 unspecified atom stereocenters. The van der Waals surface area contributed by atoms with Gasteiger partial charge in [-0.15, -0.1) is 0 Å². The first kappa shape index (κ1) is 25.4. The monoisotopic (exact) mass is 440 g/mol. The Morgan fingerprint density at radius 1 is 1.00 bits per heavy atom. The zero-order valence-corrected chi connectivity index (χ0v) is 17.6. The second-order valence-electron chi connectivity index (χ2n) is 6.84. The molecule has 10 nitrogen and oxygen atoms in total. The van der Waals surface area contributed by atoms with Gasteiger partial charge in [-0.3, -0.25) is 14.4 Å². The standard InChI is InChI=1S/C19H28N4O6S/c1-10(21-17(26)13(20)8-12-6-4-3-5-7-12)16(25)23-15(11(2)24)18(27)22-14(9-30)19(28)29/h3-7,10-11,13-15,24,30H,8-9,20H2,1-2H3,(H,21,26)(H,22,27)(H,23,25)(H,28,29). The van der Waals surface area contributed by atoms with Crippen molar-refractivity contribution in [2.75, 3.05) is 5.75 Å². The molecule has 11 heteroatoms. The fraction of sp³-hybridized carbons (Fsp3) is 0.474. The van der Waals surface area contributed by atoms with Crippen LogP contribution in [0.15, 0.2) is 30.3 Å². The largest absolute Gasteiger partial charge is 0.480 e. The van der Waals surface area contributed by atoms with Crippen LogP contribution in [0.4, 0.5) is 0 Å². The highest BCUT2D eigenvalue weighted by Gasteiger charge is 2.31. The van der Waals surface area contributed by atoms with E-state index in [2.05, 4.69) is 28.6 Å². The first-order valence-electron chi connectivity index (χ1n) is 9.29. The average Bonchev–Trinajstić information content (AvgIpc) is 2.69. The highest BCUT2D eigenvalue weighted by Crippen LogP contribution is 2.03. The van der Waals surface area contributed by atoms with E-state index in [1.165, 1.54) is 13.8 Å². The molecule has 0 radical (unpaired) electrons. The number of hydrogen-bond donors (Lipinski definition) is 7. The van der Waals surface area contributed by atoms with Crippen molar-refractivity contribution in [2.24, 2.45) is 5.73 Å². The van der Waals surface area contributed by atoms with E-state index in [-0.39, 0.29) is 12.2 Å². The van der Waals surface area contributed by atoms with E-state index in [9.17, 15) is 24.3 Å². The van der Waals surface area contributed by atoms with Gasteiger partial charge in [0.15, 0.2) is 0 Å². The van der Waals surface area contributed by atoms with Gasteiger partial charge in [-0.2, -0.15) is 12.6 Å². The predicted molar refractivity (Wildman–Crippen MR) is 113 cm³/mol. The van der Waals surface area contributed by atoms with Gasteiger partial charge < -0.3 is 31.9 Å². The summed E-state index contributed by atoms with van der Waals surface area (Å²) in [6.07, 6.45) is -1.04. The molecule has 3 amide bonds. The summed E-state index contributed by atoms with van der Waals surface area (Å²) < 4.78 is 0. The molecule has 0 aliphatic heterocycles. The van der Waals surface area contributed by atoms with Crippen LogP contribution < -0.4 is 21.7 Å². The molecular formula is C19H28N4O6S. The third-order valence-electron chi connectivity index (χ3n) is 4.25. The van der Waals surface area contributed by atoms with Crippen LogP contribution in [0.3, 0.4) is 0 Å². The highest BCUT2D eigenvalue weighted by atomic mass is 32.1. The zero-order chi connectivity index (χ0) is 22.8. The van der Waals surface area contributed by atoms with Crippen LogP contribution in [0.5, 0.6) is 0 Å². The molecule has 0 aliphatic carbocycles. The number of carbonyl (C=O) groups is 4. The van der Waals surface area contributed by atoms with Crippen LogP contribution in [0, 0.1) is 0 Å². The van der Waals surface area contributed by atoms with Gasteiger partial charge in [-0.25, -0.2) is 4.79 Å². The third kappa shape index (κ3) is 8.01. The summed E-state index contributed by atoms with van der Waals surface area (Å²) in [5, 5.41) is 25.8. The molecular weight excluding hydrogens is 412 g/mol. The van der Waals surface area contributed by atoms with Crippen LogP contribution in [-0.4, -0.2) is 69.9 Å². The van der Waals surface area contributed by atoms with E-state index < -0.39 is 54.0 Å². The number of hydrogen-bond acceptors (Lipinski definition) is 7. The first-order chi connectivity index (χ1) is 14.1. The van der Waals surface area contributed by atoms with Gasteiger partial charge in [0.2, 0.25) is 17.7 Å². The maximum absolute atomic E-state index is 12.4. The van der Waals surface area contributed by atoms with E-state index in [0.29, 0.717) is 0 Å². The summed E-state index contributed by atoms with van der Waals surface area (Å²) in [5.74, 6) is -3.66.